The van der Waals surface area contributed by atoms with E-state index in [0.29, 0.717) is 24.2 Å². The number of esters is 2. The fourth-order valence-corrected chi connectivity index (χ4v) is 1.59. The highest BCUT2D eigenvalue weighted by atomic mass is 16.5. The second kappa shape index (κ2) is 4.82. The summed E-state index contributed by atoms with van der Waals surface area (Å²) >= 11 is 0. The lowest BCUT2D eigenvalue weighted by molar-refractivity contribution is -0.135. The maximum absolute atomic E-state index is 11.2. The smallest absolute Gasteiger partial charge is 0.337 e. The molecule has 0 atom stereocenters. The molecule has 88 valence electrons. The average Bonchev–Trinajstić information content (AvgIpc) is 2.75. The van der Waals surface area contributed by atoms with Gasteiger partial charge >= 0.3 is 11.9 Å². The van der Waals surface area contributed by atoms with Crippen molar-refractivity contribution in [2.24, 2.45) is 0 Å². The number of hydrogen-bond acceptors (Lipinski definition) is 4. The van der Waals surface area contributed by atoms with Crippen LogP contribution in [0.4, 0.5) is 0 Å². The molecular formula is C13H12O4. The van der Waals surface area contributed by atoms with Gasteiger partial charge in [-0.3, -0.25) is 4.79 Å². The van der Waals surface area contributed by atoms with E-state index in [1.165, 1.54) is 7.11 Å². The van der Waals surface area contributed by atoms with Crippen LogP contribution in [-0.2, 0) is 14.3 Å². The third-order valence-electron chi connectivity index (χ3n) is 2.48. The molecule has 17 heavy (non-hydrogen) atoms. The molecule has 1 aromatic rings. The molecule has 1 heterocycles. The Morgan fingerprint density at radius 3 is 2.53 bits per heavy atom. The topological polar surface area (TPSA) is 52.6 Å². The molecule has 1 fully saturated rings. The van der Waals surface area contributed by atoms with Crippen molar-refractivity contribution in [2.75, 3.05) is 7.11 Å². The van der Waals surface area contributed by atoms with Gasteiger partial charge in [0.05, 0.1) is 19.1 Å². The van der Waals surface area contributed by atoms with Crippen LogP contribution in [0.1, 0.15) is 28.8 Å². The lowest BCUT2D eigenvalue weighted by atomic mass is 10.1. The summed E-state index contributed by atoms with van der Waals surface area (Å²) in [4.78, 5) is 22.1. The van der Waals surface area contributed by atoms with Crippen LogP contribution in [0.25, 0.3) is 6.08 Å². The molecule has 0 N–H and O–H groups in total. The molecule has 0 aromatic heterocycles. The molecular weight excluding hydrogens is 220 g/mol. The van der Waals surface area contributed by atoms with Crippen molar-refractivity contribution in [3.05, 3.63) is 41.2 Å². The molecule has 2 rings (SSSR count). The zero-order valence-electron chi connectivity index (χ0n) is 9.43. The van der Waals surface area contributed by atoms with Gasteiger partial charge in [-0.25, -0.2) is 4.79 Å². The van der Waals surface area contributed by atoms with Gasteiger partial charge in [0, 0.05) is 6.42 Å². The second-order valence-electron chi connectivity index (χ2n) is 3.70. The zero-order chi connectivity index (χ0) is 12.3. The minimum absolute atomic E-state index is 0.192. The number of ether oxygens (including phenoxy) is 2. The lowest BCUT2D eigenvalue weighted by Gasteiger charge is -2.00. The fourth-order valence-electron chi connectivity index (χ4n) is 1.59. The number of carbonyl (C=O) groups is 2. The summed E-state index contributed by atoms with van der Waals surface area (Å²) in [6, 6.07) is 6.92. The van der Waals surface area contributed by atoms with Crippen molar-refractivity contribution >= 4 is 18.0 Å². The normalized spacial score (nSPS) is 17.0. The van der Waals surface area contributed by atoms with Crippen molar-refractivity contribution in [2.45, 2.75) is 12.8 Å². The van der Waals surface area contributed by atoms with Crippen LogP contribution in [0.5, 0.6) is 0 Å². The van der Waals surface area contributed by atoms with Crippen molar-refractivity contribution in [1.29, 1.82) is 0 Å². The number of allylic oxidation sites excluding steroid dienone is 1. The van der Waals surface area contributed by atoms with Gasteiger partial charge in [0.2, 0.25) is 0 Å². The monoisotopic (exact) mass is 232 g/mol. The minimum atomic E-state index is -0.364. The van der Waals surface area contributed by atoms with Gasteiger partial charge in [-0.15, -0.1) is 0 Å². The number of rotatable bonds is 2. The van der Waals surface area contributed by atoms with Gasteiger partial charge in [-0.1, -0.05) is 12.1 Å². The van der Waals surface area contributed by atoms with Crippen LogP contribution in [0.3, 0.4) is 0 Å². The molecule has 4 nitrogen and oxygen atoms in total. The first-order chi connectivity index (χ1) is 8.19. The Kier molecular flexibility index (Phi) is 3.23. The van der Waals surface area contributed by atoms with Crippen molar-refractivity contribution in [1.82, 2.24) is 0 Å². The Labute approximate surface area is 98.8 Å². The molecule has 0 radical (unpaired) electrons. The summed E-state index contributed by atoms with van der Waals surface area (Å²) in [5.74, 6) is 0.111. The van der Waals surface area contributed by atoms with E-state index < -0.39 is 0 Å². The third kappa shape index (κ3) is 2.72. The van der Waals surface area contributed by atoms with Crippen molar-refractivity contribution in [3.63, 3.8) is 0 Å². The van der Waals surface area contributed by atoms with Gasteiger partial charge in [-0.05, 0) is 23.8 Å². The van der Waals surface area contributed by atoms with Crippen molar-refractivity contribution < 1.29 is 19.1 Å². The van der Waals surface area contributed by atoms with Crippen LogP contribution in [0.15, 0.2) is 30.0 Å². The Hall–Kier alpha value is -2.10. The van der Waals surface area contributed by atoms with Crippen LogP contribution in [-0.4, -0.2) is 19.0 Å². The number of benzene rings is 1. The van der Waals surface area contributed by atoms with Crippen LogP contribution in [0, 0.1) is 0 Å². The summed E-state index contributed by atoms with van der Waals surface area (Å²) in [5.41, 5.74) is 1.39. The second-order valence-corrected chi connectivity index (χ2v) is 3.70. The molecule has 0 bridgehead atoms. The lowest BCUT2D eigenvalue weighted by Crippen LogP contribution is -2.00. The number of cyclic esters (lactones) is 1. The average molecular weight is 232 g/mol. The predicted molar refractivity (Wildman–Crippen MR) is 61.1 cm³/mol. The molecule has 0 saturated carbocycles. The maximum atomic E-state index is 11.2. The Morgan fingerprint density at radius 1 is 1.29 bits per heavy atom. The first-order valence-electron chi connectivity index (χ1n) is 5.28. The quantitative estimate of drug-likeness (QED) is 0.733. The van der Waals surface area contributed by atoms with E-state index in [0.717, 1.165) is 5.56 Å². The van der Waals surface area contributed by atoms with E-state index in [1.54, 1.807) is 30.3 Å². The molecule has 0 aliphatic carbocycles. The largest absolute Gasteiger partial charge is 0.465 e. The Balaban J connectivity index is 2.13. The molecule has 0 amide bonds. The van der Waals surface area contributed by atoms with Crippen LogP contribution >= 0.6 is 0 Å². The molecule has 0 unspecified atom stereocenters. The van der Waals surface area contributed by atoms with Gasteiger partial charge in [0.25, 0.3) is 0 Å². The zero-order valence-corrected chi connectivity index (χ0v) is 9.43. The number of methoxy groups -OCH3 is 1. The molecule has 1 saturated heterocycles. The minimum Gasteiger partial charge on any atom is -0.465 e. The summed E-state index contributed by atoms with van der Waals surface area (Å²) in [5, 5.41) is 0. The van der Waals surface area contributed by atoms with E-state index in [9.17, 15) is 9.59 Å². The highest BCUT2D eigenvalue weighted by molar-refractivity contribution is 5.89. The summed E-state index contributed by atoms with van der Waals surface area (Å²) in [7, 11) is 1.34. The SMILES string of the molecule is COC(=O)c1ccc(/C=C2\CCC(=O)O2)cc1. The Bertz CT molecular complexity index is 471. The molecule has 4 heteroatoms. The van der Waals surface area contributed by atoms with Gasteiger partial charge in [0.15, 0.2) is 0 Å². The first-order valence-corrected chi connectivity index (χ1v) is 5.28. The van der Waals surface area contributed by atoms with E-state index >= 15 is 0 Å². The molecule has 1 aromatic carbocycles. The fraction of sp³-hybridized carbons (Fsp3) is 0.231. The maximum Gasteiger partial charge on any atom is 0.337 e. The molecule has 1 aliphatic heterocycles. The molecule has 1 aliphatic rings. The summed E-state index contributed by atoms with van der Waals surface area (Å²) in [6.07, 6.45) is 2.87. The third-order valence-corrected chi connectivity index (χ3v) is 2.48. The highest BCUT2D eigenvalue weighted by Crippen LogP contribution is 2.20. The van der Waals surface area contributed by atoms with Crippen molar-refractivity contribution in [3.8, 4) is 0 Å². The number of hydrogen-bond donors (Lipinski definition) is 0. The van der Waals surface area contributed by atoms with E-state index in [1.807, 2.05) is 0 Å². The summed E-state index contributed by atoms with van der Waals surface area (Å²) in [6.45, 7) is 0. The van der Waals surface area contributed by atoms with E-state index in [2.05, 4.69) is 4.74 Å². The van der Waals surface area contributed by atoms with E-state index in [-0.39, 0.29) is 11.9 Å². The highest BCUT2D eigenvalue weighted by Gasteiger charge is 2.16. The van der Waals surface area contributed by atoms with Gasteiger partial charge in [-0.2, -0.15) is 0 Å². The number of carbonyl (C=O) groups excluding carboxylic acids is 2. The Morgan fingerprint density at radius 2 is 2.00 bits per heavy atom. The van der Waals surface area contributed by atoms with Crippen LogP contribution < -0.4 is 0 Å². The van der Waals surface area contributed by atoms with Crippen LogP contribution in [0.2, 0.25) is 0 Å². The standard InChI is InChI=1S/C13H12O4/c1-16-13(15)10-4-2-9(3-5-10)8-11-6-7-12(14)17-11/h2-5,8H,6-7H2,1H3/b11-8+. The summed E-state index contributed by atoms with van der Waals surface area (Å²) < 4.78 is 9.59. The van der Waals surface area contributed by atoms with Gasteiger partial charge < -0.3 is 9.47 Å². The van der Waals surface area contributed by atoms with E-state index in [4.69, 9.17) is 4.74 Å². The van der Waals surface area contributed by atoms with Gasteiger partial charge in [0.1, 0.15) is 5.76 Å². The predicted octanol–water partition coefficient (Wildman–Crippen LogP) is 2.15. The first kappa shape index (κ1) is 11.4. The molecule has 0 spiro atoms.